The monoisotopic (exact) mass is 568 g/mol. The van der Waals surface area contributed by atoms with Crippen molar-refractivity contribution < 1.29 is 14.6 Å². The van der Waals surface area contributed by atoms with Gasteiger partial charge in [-0.2, -0.15) is 0 Å². The number of benzene rings is 1. The first-order valence-corrected chi connectivity index (χ1v) is 20.1. The number of hydrogen-bond acceptors (Lipinski definition) is 3. The zero-order valence-corrected chi connectivity index (χ0v) is 27.4. The lowest BCUT2D eigenvalue weighted by atomic mass is 9.68. The summed E-state index contributed by atoms with van der Waals surface area (Å²) >= 11 is 0. The number of aliphatic hydroxyl groups excluding tert-OH is 1. The number of rotatable bonds is 16. The maximum atomic E-state index is 11.7. The molecule has 1 N–H and O–H groups in total. The zero-order valence-electron chi connectivity index (χ0n) is 26.4. The van der Waals surface area contributed by atoms with Crippen LogP contribution in [0.25, 0.3) is 0 Å². The van der Waals surface area contributed by atoms with Crippen LogP contribution in [0.15, 0.2) is 36.4 Å². The van der Waals surface area contributed by atoms with Gasteiger partial charge in [0.05, 0.1) is 6.61 Å². The molecule has 226 valence electrons. The van der Waals surface area contributed by atoms with Crippen molar-refractivity contribution in [1.82, 2.24) is 0 Å². The van der Waals surface area contributed by atoms with E-state index in [1.165, 1.54) is 94.7 Å². The molecule has 0 aliphatic heterocycles. The Morgan fingerprint density at radius 1 is 0.975 bits per heavy atom. The van der Waals surface area contributed by atoms with E-state index in [4.69, 9.17) is 4.74 Å². The van der Waals surface area contributed by atoms with Gasteiger partial charge in [0.1, 0.15) is 0 Å². The molecular formula is C36H60O3Si. The first-order chi connectivity index (χ1) is 19.2. The Morgan fingerprint density at radius 2 is 1.60 bits per heavy atom. The van der Waals surface area contributed by atoms with Crippen LogP contribution in [0.1, 0.15) is 114 Å². The molecule has 1 aromatic rings. The van der Waals surface area contributed by atoms with Crippen molar-refractivity contribution in [1.29, 1.82) is 0 Å². The maximum Gasteiger partial charge on any atom is 0.333 e. The Balaban J connectivity index is 1.33. The van der Waals surface area contributed by atoms with Crippen molar-refractivity contribution >= 4 is 14.0 Å². The number of carbonyl (C=O) groups is 1. The van der Waals surface area contributed by atoms with Crippen LogP contribution < -0.4 is 0 Å². The van der Waals surface area contributed by atoms with E-state index in [0.717, 1.165) is 36.5 Å². The number of ether oxygens (including phenoxy) is 1. The second-order valence-corrected chi connectivity index (χ2v) is 19.5. The van der Waals surface area contributed by atoms with E-state index in [9.17, 15) is 9.90 Å². The summed E-state index contributed by atoms with van der Waals surface area (Å²) in [6.07, 6.45) is 18.7. The van der Waals surface area contributed by atoms with Gasteiger partial charge >= 0.3 is 5.97 Å². The molecule has 0 saturated heterocycles. The summed E-state index contributed by atoms with van der Waals surface area (Å²) in [6.45, 7) is 13.1. The van der Waals surface area contributed by atoms with Crippen LogP contribution >= 0.6 is 0 Å². The molecule has 1 unspecified atom stereocenters. The number of aliphatic hydroxyl groups is 1. The third-order valence-corrected chi connectivity index (χ3v) is 13.6. The molecule has 2 aliphatic rings. The molecule has 0 amide bonds. The molecule has 1 atom stereocenters. The fourth-order valence-electron chi connectivity index (χ4n) is 7.62. The predicted molar refractivity (Wildman–Crippen MR) is 172 cm³/mol. The molecule has 2 aliphatic carbocycles. The van der Waals surface area contributed by atoms with Gasteiger partial charge in [0.2, 0.25) is 0 Å². The van der Waals surface area contributed by atoms with E-state index in [1.54, 1.807) is 12.5 Å². The fraction of sp³-hybridized carbons (Fsp3) is 0.750. The molecule has 0 spiro atoms. The van der Waals surface area contributed by atoms with E-state index in [-0.39, 0.29) is 18.5 Å². The molecule has 0 bridgehead atoms. The van der Waals surface area contributed by atoms with Crippen molar-refractivity contribution in [2.45, 2.75) is 135 Å². The van der Waals surface area contributed by atoms with E-state index in [1.807, 2.05) is 0 Å². The summed E-state index contributed by atoms with van der Waals surface area (Å²) in [4.78, 5) is 11.7. The van der Waals surface area contributed by atoms with Crippen LogP contribution in [0.3, 0.4) is 0 Å². The van der Waals surface area contributed by atoms with E-state index < -0.39 is 8.07 Å². The highest BCUT2D eigenvalue weighted by Crippen LogP contribution is 2.45. The lowest BCUT2D eigenvalue weighted by Crippen LogP contribution is -2.32. The normalized spacial score (nSPS) is 24.4. The fourth-order valence-corrected chi connectivity index (χ4v) is 11.0. The van der Waals surface area contributed by atoms with Gasteiger partial charge in [0, 0.05) is 26.2 Å². The minimum atomic E-state index is -1.26. The molecule has 3 nitrogen and oxygen atoms in total. The second kappa shape index (κ2) is 16.9. The molecule has 40 heavy (non-hydrogen) atoms. The summed E-state index contributed by atoms with van der Waals surface area (Å²) in [6, 6.07) is 12.4. The molecule has 3 rings (SSSR count). The van der Waals surface area contributed by atoms with Gasteiger partial charge in [0.25, 0.3) is 0 Å². The third-order valence-electron chi connectivity index (χ3n) is 10.2. The highest BCUT2D eigenvalue weighted by Gasteiger charge is 2.33. The summed E-state index contributed by atoms with van der Waals surface area (Å²) in [7, 11) is -1.26. The van der Waals surface area contributed by atoms with Gasteiger partial charge in [-0.05, 0) is 99.5 Å². The number of carbonyl (C=O) groups excluding carboxylic acids is 1. The quantitative estimate of drug-likeness (QED) is 0.0934. The zero-order chi connectivity index (χ0) is 29.0. The summed E-state index contributed by atoms with van der Waals surface area (Å²) in [5, 5.41) is 9.71. The minimum absolute atomic E-state index is 0.0496. The largest absolute Gasteiger partial charge is 0.462 e. The van der Waals surface area contributed by atoms with Gasteiger partial charge in [-0.15, -0.1) is 0 Å². The standard InChI is InChI=1S/C36H60O3Si/c1-6-7-8-10-29-12-16-32(17-13-29)34-20-22-35(23-21-34)33-18-14-30(15-19-33)27-40(4,5)24-9-11-31(25-37)26-39-36(38)28(2)3/h12-13,16-17,30-31,33-35,37H,2,6-11,14-15,18-27H2,1,3-5H3. The molecule has 0 radical (unpaired) electrons. The minimum Gasteiger partial charge on any atom is -0.462 e. The Bertz CT molecular complexity index is 876. The van der Waals surface area contributed by atoms with Crippen LogP contribution in [0, 0.1) is 23.7 Å². The number of aryl methyl sites for hydroxylation is 1. The SMILES string of the molecule is C=C(C)C(=O)OCC(CO)CCC[Si](C)(C)CC1CCC(C2CCC(c3ccc(CCCCC)cc3)CC2)CC1. The topological polar surface area (TPSA) is 46.5 Å². The highest BCUT2D eigenvalue weighted by atomic mass is 28.3. The van der Waals surface area contributed by atoms with E-state index in [2.05, 4.69) is 50.9 Å². The molecule has 0 heterocycles. The molecular weight excluding hydrogens is 508 g/mol. The van der Waals surface area contributed by atoms with Crippen molar-refractivity contribution in [3.05, 3.63) is 47.5 Å². The average molecular weight is 569 g/mol. The van der Waals surface area contributed by atoms with Gasteiger partial charge in [-0.1, -0.05) is 95.1 Å². The Labute approximate surface area is 247 Å². The van der Waals surface area contributed by atoms with Gasteiger partial charge < -0.3 is 9.84 Å². The Morgan fingerprint density at radius 3 is 2.17 bits per heavy atom. The number of unbranched alkanes of at least 4 members (excludes halogenated alkanes) is 2. The first-order valence-electron chi connectivity index (χ1n) is 16.7. The molecule has 1 aromatic carbocycles. The van der Waals surface area contributed by atoms with Crippen LogP contribution in [0.2, 0.25) is 25.2 Å². The second-order valence-electron chi connectivity index (χ2n) is 14.3. The van der Waals surface area contributed by atoms with Crippen molar-refractivity contribution in [3.63, 3.8) is 0 Å². The Hall–Kier alpha value is -1.39. The van der Waals surface area contributed by atoms with Crippen LogP contribution in [0.5, 0.6) is 0 Å². The van der Waals surface area contributed by atoms with Crippen LogP contribution in [0.4, 0.5) is 0 Å². The maximum absolute atomic E-state index is 11.7. The molecule has 4 heteroatoms. The first kappa shape index (κ1) is 33.1. The smallest absolute Gasteiger partial charge is 0.333 e. The molecule has 0 aromatic heterocycles. The third kappa shape index (κ3) is 11.1. The highest BCUT2D eigenvalue weighted by molar-refractivity contribution is 6.77. The van der Waals surface area contributed by atoms with E-state index in [0.29, 0.717) is 12.2 Å². The van der Waals surface area contributed by atoms with E-state index >= 15 is 0 Å². The van der Waals surface area contributed by atoms with Crippen molar-refractivity contribution in [2.75, 3.05) is 13.2 Å². The van der Waals surface area contributed by atoms with Crippen LogP contribution in [-0.4, -0.2) is 32.4 Å². The summed E-state index contributed by atoms with van der Waals surface area (Å²) < 4.78 is 5.28. The molecule has 2 fully saturated rings. The van der Waals surface area contributed by atoms with Gasteiger partial charge in [-0.25, -0.2) is 4.79 Å². The van der Waals surface area contributed by atoms with Crippen molar-refractivity contribution in [2.24, 2.45) is 23.7 Å². The Kier molecular flexibility index (Phi) is 14.0. The summed E-state index contributed by atoms with van der Waals surface area (Å²) in [5.74, 6) is 3.34. The van der Waals surface area contributed by atoms with Crippen LogP contribution in [-0.2, 0) is 16.0 Å². The lowest BCUT2D eigenvalue weighted by Gasteiger charge is -2.39. The van der Waals surface area contributed by atoms with Crippen molar-refractivity contribution in [3.8, 4) is 0 Å². The van der Waals surface area contributed by atoms with Gasteiger partial charge in [0.15, 0.2) is 0 Å². The average Bonchev–Trinajstić information content (AvgIpc) is 2.95. The lowest BCUT2D eigenvalue weighted by molar-refractivity contribution is -0.140. The molecule has 2 saturated carbocycles. The summed E-state index contributed by atoms with van der Waals surface area (Å²) in [5.41, 5.74) is 3.53. The number of esters is 1. The number of hydrogen-bond donors (Lipinski definition) is 1. The van der Waals surface area contributed by atoms with Gasteiger partial charge in [-0.3, -0.25) is 0 Å². The predicted octanol–water partition coefficient (Wildman–Crippen LogP) is 9.72.